The first kappa shape index (κ1) is 14.0. The molecule has 0 aromatic heterocycles. The van der Waals surface area contributed by atoms with E-state index in [1.54, 1.807) is 0 Å². The molecule has 0 N–H and O–H groups in total. The summed E-state index contributed by atoms with van der Waals surface area (Å²) in [5.74, 6) is -0.202. The molecule has 0 bridgehead atoms. The summed E-state index contributed by atoms with van der Waals surface area (Å²) in [5.41, 5.74) is 2.79. The van der Waals surface area contributed by atoms with E-state index in [2.05, 4.69) is 32.0 Å². The van der Waals surface area contributed by atoms with Crippen molar-refractivity contribution in [2.24, 2.45) is 0 Å². The molecule has 0 fully saturated rings. The van der Waals surface area contributed by atoms with Crippen molar-refractivity contribution in [1.29, 1.82) is 0 Å². The molecule has 0 saturated heterocycles. The van der Waals surface area contributed by atoms with Crippen LogP contribution in [0.1, 0.15) is 44.7 Å². The molecule has 17 heavy (non-hydrogen) atoms. The lowest BCUT2D eigenvalue weighted by Gasteiger charge is -2.12. The van der Waals surface area contributed by atoms with Gasteiger partial charge in [0.05, 0.1) is 0 Å². The van der Waals surface area contributed by atoms with Gasteiger partial charge in [-0.1, -0.05) is 44.9 Å². The lowest BCUT2D eigenvalue weighted by atomic mass is 10.00. The first-order chi connectivity index (χ1) is 8.19. The second-order valence-corrected chi connectivity index (χ2v) is 5.09. The lowest BCUT2D eigenvalue weighted by molar-refractivity contribution is -0.131. The Bertz CT molecular complexity index is 374. The van der Waals surface area contributed by atoms with Gasteiger partial charge in [-0.15, -0.1) is 0 Å². The molecule has 0 aliphatic rings. The SMILES string of the molecule is CCCc1cccc([Si]OC(C)=O)c1CCC. The van der Waals surface area contributed by atoms with Crippen molar-refractivity contribution < 1.29 is 9.22 Å². The summed E-state index contributed by atoms with van der Waals surface area (Å²) in [5, 5.41) is 1.19. The van der Waals surface area contributed by atoms with Gasteiger partial charge in [-0.3, -0.25) is 4.79 Å². The predicted molar refractivity (Wildman–Crippen MR) is 71.6 cm³/mol. The molecular weight excluding hydrogens is 228 g/mol. The number of rotatable bonds is 6. The molecule has 0 saturated carbocycles. The van der Waals surface area contributed by atoms with Gasteiger partial charge in [0.2, 0.25) is 0 Å². The van der Waals surface area contributed by atoms with Crippen molar-refractivity contribution in [2.75, 3.05) is 0 Å². The maximum absolute atomic E-state index is 10.9. The molecule has 1 aromatic carbocycles. The van der Waals surface area contributed by atoms with Gasteiger partial charge in [0, 0.05) is 6.92 Å². The summed E-state index contributed by atoms with van der Waals surface area (Å²) in [6.07, 6.45) is 4.45. The number of benzene rings is 1. The third kappa shape index (κ3) is 4.34. The molecule has 2 nitrogen and oxygen atoms in total. The summed E-state index contributed by atoms with van der Waals surface area (Å²) in [7, 11) is 0.145. The van der Waals surface area contributed by atoms with Gasteiger partial charge in [0.15, 0.2) is 0 Å². The van der Waals surface area contributed by atoms with Gasteiger partial charge in [-0.2, -0.15) is 0 Å². The highest BCUT2D eigenvalue weighted by Crippen LogP contribution is 2.11. The third-order valence-electron chi connectivity index (χ3n) is 2.60. The largest absolute Gasteiger partial charge is 0.511 e. The van der Waals surface area contributed by atoms with Crippen LogP contribution in [0.25, 0.3) is 0 Å². The molecule has 2 radical (unpaired) electrons. The predicted octanol–water partition coefficient (Wildman–Crippen LogP) is 2.40. The topological polar surface area (TPSA) is 26.3 Å². The Kier molecular flexibility index (Phi) is 5.98. The second kappa shape index (κ2) is 7.28. The van der Waals surface area contributed by atoms with Crippen LogP contribution in [-0.4, -0.2) is 15.7 Å². The maximum atomic E-state index is 10.9. The number of carbonyl (C=O) groups is 1. The van der Waals surface area contributed by atoms with Gasteiger partial charge < -0.3 is 4.43 Å². The van der Waals surface area contributed by atoms with E-state index in [0.29, 0.717) is 0 Å². The summed E-state index contributed by atoms with van der Waals surface area (Å²) < 4.78 is 5.14. The first-order valence-corrected chi connectivity index (χ1v) is 7.14. The second-order valence-electron chi connectivity index (χ2n) is 4.14. The first-order valence-electron chi connectivity index (χ1n) is 6.23. The van der Waals surface area contributed by atoms with E-state index in [-0.39, 0.29) is 15.7 Å². The molecule has 1 aromatic rings. The van der Waals surface area contributed by atoms with E-state index < -0.39 is 0 Å². The standard InChI is InChI=1S/C14H20O2Si/c1-4-7-12-9-6-10-14(13(12)8-5-2)17-16-11(3)15/h6,9-10H,4-5,7-8H2,1-3H3. The summed E-state index contributed by atoms with van der Waals surface area (Å²) in [6, 6.07) is 6.33. The molecular formula is C14H20O2Si. The zero-order valence-electron chi connectivity index (χ0n) is 10.9. The minimum atomic E-state index is -0.202. The van der Waals surface area contributed by atoms with Crippen LogP contribution in [0, 0.1) is 0 Å². The van der Waals surface area contributed by atoms with Crippen LogP contribution in [0.2, 0.25) is 0 Å². The van der Waals surface area contributed by atoms with E-state index in [1.165, 1.54) is 23.2 Å². The Hall–Kier alpha value is -1.09. The van der Waals surface area contributed by atoms with Gasteiger partial charge in [0.1, 0.15) is 0 Å². The molecule has 0 aliphatic heterocycles. The Labute approximate surface area is 106 Å². The normalized spacial score (nSPS) is 10.3. The van der Waals surface area contributed by atoms with Crippen LogP contribution >= 0.6 is 0 Å². The highest BCUT2D eigenvalue weighted by molar-refractivity contribution is 6.49. The third-order valence-corrected chi connectivity index (χ3v) is 3.67. The van der Waals surface area contributed by atoms with Crippen LogP contribution in [-0.2, 0) is 22.1 Å². The van der Waals surface area contributed by atoms with Crippen molar-refractivity contribution in [3.05, 3.63) is 29.3 Å². The Morgan fingerprint density at radius 2 is 1.94 bits per heavy atom. The summed E-state index contributed by atoms with van der Waals surface area (Å²) >= 11 is 0. The van der Waals surface area contributed by atoms with E-state index in [9.17, 15) is 4.79 Å². The van der Waals surface area contributed by atoms with Crippen molar-refractivity contribution in [3.63, 3.8) is 0 Å². The fourth-order valence-corrected chi connectivity index (χ4v) is 2.73. The zero-order valence-corrected chi connectivity index (χ0v) is 11.9. The Morgan fingerprint density at radius 3 is 2.53 bits per heavy atom. The molecule has 0 atom stereocenters. The molecule has 0 amide bonds. The summed E-state index contributed by atoms with van der Waals surface area (Å²) in [6.45, 7) is 5.83. The monoisotopic (exact) mass is 248 g/mol. The molecule has 1 rings (SSSR count). The van der Waals surface area contributed by atoms with Gasteiger partial charge >= 0.3 is 9.76 Å². The van der Waals surface area contributed by atoms with E-state index in [0.717, 1.165) is 25.7 Å². The van der Waals surface area contributed by atoms with Crippen LogP contribution in [0.15, 0.2) is 18.2 Å². The van der Waals surface area contributed by atoms with Crippen LogP contribution in [0.3, 0.4) is 0 Å². The quantitative estimate of drug-likeness (QED) is 0.723. The zero-order chi connectivity index (χ0) is 12.7. The minimum Gasteiger partial charge on any atom is -0.511 e. The Morgan fingerprint density at radius 1 is 1.24 bits per heavy atom. The highest BCUT2D eigenvalue weighted by atomic mass is 28.2. The van der Waals surface area contributed by atoms with E-state index in [4.69, 9.17) is 4.43 Å². The Balaban J connectivity index is 2.92. The average molecular weight is 248 g/mol. The minimum absolute atomic E-state index is 0.145. The fraction of sp³-hybridized carbons (Fsp3) is 0.500. The molecule has 3 heteroatoms. The average Bonchev–Trinajstić information content (AvgIpc) is 2.30. The van der Waals surface area contributed by atoms with Crippen molar-refractivity contribution >= 4 is 20.9 Å². The molecule has 0 unspecified atom stereocenters. The van der Waals surface area contributed by atoms with Gasteiger partial charge in [0.25, 0.3) is 5.97 Å². The van der Waals surface area contributed by atoms with E-state index >= 15 is 0 Å². The molecule has 92 valence electrons. The number of hydrogen-bond donors (Lipinski definition) is 0. The smallest absolute Gasteiger partial charge is 0.355 e. The van der Waals surface area contributed by atoms with Crippen molar-refractivity contribution in [1.82, 2.24) is 0 Å². The molecule has 0 spiro atoms. The van der Waals surface area contributed by atoms with Crippen molar-refractivity contribution in [3.8, 4) is 0 Å². The number of aryl methyl sites for hydroxylation is 1. The van der Waals surface area contributed by atoms with Crippen LogP contribution < -0.4 is 5.19 Å². The molecule has 0 heterocycles. The van der Waals surface area contributed by atoms with E-state index in [1.807, 2.05) is 0 Å². The van der Waals surface area contributed by atoms with Crippen LogP contribution in [0.5, 0.6) is 0 Å². The summed E-state index contributed by atoms with van der Waals surface area (Å²) in [4.78, 5) is 10.9. The number of carbonyl (C=O) groups excluding carboxylic acids is 1. The number of hydrogen-bond acceptors (Lipinski definition) is 2. The lowest BCUT2D eigenvalue weighted by Crippen LogP contribution is -2.25. The molecule has 0 aliphatic carbocycles. The van der Waals surface area contributed by atoms with Gasteiger partial charge in [-0.05, 0) is 29.2 Å². The van der Waals surface area contributed by atoms with Crippen molar-refractivity contribution in [2.45, 2.75) is 46.5 Å². The highest BCUT2D eigenvalue weighted by Gasteiger charge is 2.10. The maximum Gasteiger partial charge on any atom is 0.355 e. The van der Waals surface area contributed by atoms with Crippen LogP contribution in [0.4, 0.5) is 0 Å². The fourth-order valence-electron chi connectivity index (χ4n) is 1.91. The van der Waals surface area contributed by atoms with Gasteiger partial charge in [-0.25, -0.2) is 0 Å².